The van der Waals surface area contributed by atoms with Gasteiger partial charge >= 0.3 is 0 Å². The highest BCUT2D eigenvalue weighted by Crippen LogP contribution is 2.31. The number of furan rings is 1. The van der Waals surface area contributed by atoms with Gasteiger partial charge < -0.3 is 14.2 Å². The minimum atomic E-state index is -0.0857. The van der Waals surface area contributed by atoms with E-state index in [2.05, 4.69) is 15.3 Å². The molecule has 31 heavy (non-hydrogen) atoms. The van der Waals surface area contributed by atoms with E-state index in [0.29, 0.717) is 42.6 Å². The Morgan fingerprint density at radius 3 is 2.65 bits per heavy atom. The number of oxazole rings is 1. The van der Waals surface area contributed by atoms with Gasteiger partial charge in [-0.2, -0.15) is 0 Å². The summed E-state index contributed by atoms with van der Waals surface area (Å²) in [4.78, 5) is 21.1. The van der Waals surface area contributed by atoms with Crippen LogP contribution in [-0.2, 0) is 17.8 Å². The number of aromatic nitrogens is 2. The lowest BCUT2D eigenvalue weighted by atomic mass is 10.2. The number of para-hydroxylation sites is 1. The van der Waals surface area contributed by atoms with E-state index in [1.807, 2.05) is 66.7 Å². The third kappa shape index (κ3) is 4.41. The molecule has 0 spiro atoms. The molecule has 3 aromatic heterocycles. The summed E-state index contributed by atoms with van der Waals surface area (Å²) < 4.78 is 12.7. The highest BCUT2D eigenvalue weighted by molar-refractivity contribution is 7.21. The van der Waals surface area contributed by atoms with Crippen molar-refractivity contribution in [3.63, 3.8) is 0 Å². The summed E-state index contributed by atoms with van der Waals surface area (Å²) in [5, 5.41) is 3.71. The van der Waals surface area contributed by atoms with Gasteiger partial charge in [-0.1, -0.05) is 42.5 Å². The van der Waals surface area contributed by atoms with Crippen molar-refractivity contribution in [1.82, 2.24) is 15.3 Å². The van der Waals surface area contributed by atoms with E-state index < -0.39 is 0 Å². The van der Waals surface area contributed by atoms with Crippen molar-refractivity contribution in [2.24, 2.45) is 0 Å². The molecule has 0 aliphatic heterocycles. The van der Waals surface area contributed by atoms with Gasteiger partial charge in [0.05, 0.1) is 23.0 Å². The fraction of sp³-hybridized carbons (Fsp3) is 0.125. The first-order valence-corrected chi connectivity index (χ1v) is 10.8. The number of nitrogens with zero attached hydrogens (tertiary/aromatic N) is 2. The molecule has 0 aliphatic carbocycles. The Labute approximate surface area is 182 Å². The average Bonchev–Trinajstić information content (AvgIpc) is 3.56. The van der Waals surface area contributed by atoms with Crippen LogP contribution in [0.5, 0.6) is 0 Å². The van der Waals surface area contributed by atoms with Gasteiger partial charge in [0.1, 0.15) is 5.76 Å². The maximum absolute atomic E-state index is 12.2. The van der Waals surface area contributed by atoms with Crippen LogP contribution in [0.1, 0.15) is 18.1 Å². The summed E-state index contributed by atoms with van der Waals surface area (Å²) in [7, 11) is 0. The molecule has 0 radical (unpaired) electrons. The topological polar surface area (TPSA) is 81.2 Å². The Kier molecular flexibility index (Phi) is 5.33. The van der Waals surface area contributed by atoms with E-state index in [1.165, 1.54) is 0 Å². The van der Waals surface area contributed by atoms with Gasteiger partial charge in [-0.05, 0) is 24.3 Å². The number of hydrogen-bond donors (Lipinski definition) is 1. The molecule has 5 rings (SSSR count). The van der Waals surface area contributed by atoms with Crippen molar-refractivity contribution in [2.75, 3.05) is 0 Å². The van der Waals surface area contributed by atoms with Crippen LogP contribution >= 0.6 is 11.3 Å². The second kappa shape index (κ2) is 8.57. The number of benzene rings is 2. The van der Waals surface area contributed by atoms with Gasteiger partial charge in [-0.15, -0.1) is 11.3 Å². The second-order valence-corrected chi connectivity index (χ2v) is 8.04. The fourth-order valence-corrected chi connectivity index (χ4v) is 4.15. The van der Waals surface area contributed by atoms with Crippen LogP contribution in [-0.4, -0.2) is 15.9 Å². The monoisotopic (exact) mass is 429 g/mol. The predicted octanol–water partition coefficient (Wildman–Crippen LogP) is 5.46. The summed E-state index contributed by atoms with van der Waals surface area (Å²) in [5.74, 6) is 2.56. The zero-order valence-corrected chi connectivity index (χ0v) is 17.4. The minimum Gasteiger partial charge on any atom is -0.457 e. The first-order chi connectivity index (χ1) is 15.2. The van der Waals surface area contributed by atoms with Gasteiger partial charge in [0.25, 0.3) is 0 Å². The standard InChI is InChI=1S/C24H19N3O3S/c28-22(12-13-23-26-15-20(30-23)16-6-2-1-3-7-16)25-14-17-10-11-19(29-17)24-27-18-8-4-5-9-21(18)31-24/h1-11,15H,12-14H2,(H,25,28). The van der Waals surface area contributed by atoms with Gasteiger partial charge in [-0.3, -0.25) is 4.79 Å². The van der Waals surface area contributed by atoms with Crippen LogP contribution in [0.4, 0.5) is 0 Å². The van der Waals surface area contributed by atoms with Crippen LogP contribution in [0.25, 0.3) is 32.3 Å². The number of hydrogen-bond acceptors (Lipinski definition) is 6. The third-order valence-corrected chi connectivity index (χ3v) is 5.85. The van der Waals surface area contributed by atoms with E-state index in [0.717, 1.165) is 20.8 Å². The number of fused-ring (bicyclic) bond motifs is 1. The van der Waals surface area contributed by atoms with Crippen molar-refractivity contribution in [3.8, 4) is 22.1 Å². The van der Waals surface area contributed by atoms with E-state index in [1.54, 1.807) is 17.5 Å². The molecule has 0 bridgehead atoms. The molecule has 0 saturated carbocycles. The van der Waals surface area contributed by atoms with Crippen LogP contribution in [0, 0.1) is 0 Å². The molecule has 2 aromatic carbocycles. The summed E-state index contributed by atoms with van der Waals surface area (Å²) in [5.41, 5.74) is 1.92. The van der Waals surface area contributed by atoms with Crippen LogP contribution in [0.15, 0.2) is 81.8 Å². The number of nitrogens with one attached hydrogen (secondary N) is 1. The maximum Gasteiger partial charge on any atom is 0.220 e. The molecule has 3 heterocycles. The minimum absolute atomic E-state index is 0.0857. The SMILES string of the molecule is O=C(CCc1ncc(-c2ccccc2)o1)NCc1ccc(-c2nc3ccccc3s2)o1. The Morgan fingerprint density at radius 2 is 1.77 bits per heavy atom. The molecule has 0 aliphatic rings. The number of carbonyl (C=O) groups is 1. The number of thiazole rings is 1. The fourth-order valence-electron chi connectivity index (χ4n) is 3.22. The first kappa shape index (κ1) is 19.3. The Bertz CT molecular complexity index is 1290. The van der Waals surface area contributed by atoms with Gasteiger partial charge in [0.15, 0.2) is 22.4 Å². The Morgan fingerprint density at radius 1 is 0.935 bits per heavy atom. The van der Waals surface area contributed by atoms with Gasteiger partial charge in [-0.25, -0.2) is 9.97 Å². The van der Waals surface area contributed by atoms with Gasteiger partial charge in [0.2, 0.25) is 5.91 Å². The molecule has 0 atom stereocenters. The molecule has 5 aromatic rings. The lowest BCUT2D eigenvalue weighted by Crippen LogP contribution is -2.22. The van der Waals surface area contributed by atoms with E-state index in [-0.39, 0.29) is 5.91 Å². The van der Waals surface area contributed by atoms with Crippen molar-refractivity contribution in [3.05, 3.63) is 84.6 Å². The normalized spacial score (nSPS) is 11.1. The summed E-state index contributed by atoms with van der Waals surface area (Å²) in [6.45, 7) is 0.324. The predicted molar refractivity (Wildman–Crippen MR) is 119 cm³/mol. The Balaban J connectivity index is 1.14. The summed E-state index contributed by atoms with van der Waals surface area (Å²) in [6, 6.07) is 21.5. The largest absolute Gasteiger partial charge is 0.457 e. The lowest BCUT2D eigenvalue weighted by molar-refractivity contribution is -0.121. The molecular weight excluding hydrogens is 410 g/mol. The number of aryl methyl sites for hydroxylation is 1. The smallest absolute Gasteiger partial charge is 0.220 e. The molecule has 0 unspecified atom stereocenters. The van der Waals surface area contributed by atoms with Crippen LogP contribution < -0.4 is 5.32 Å². The maximum atomic E-state index is 12.2. The molecule has 1 N–H and O–H groups in total. The van der Waals surface area contributed by atoms with Crippen molar-refractivity contribution in [2.45, 2.75) is 19.4 Å². The van der Waals surface area contributed by atoms with Crippen molar-refractivity contribution in [1.29, 1.82) is 0 Å². The Hall–Kier alpha value is -3.71. The molecule has 0 fully saturated rings. The molecule has 1 amide bonds. The van der Waals surface area contributed by atoms with E-state index in [9.17, 15) is 4.79 Å². The molecule has 6 nitrogen and oxygen atoms in total. The van der Waals surface area contributed by atoms with Crippen LogP contribution in [0.3, 0.4) is 0 Å². The number of carbonyl (C=O) groups excluding carboxylic acids is 1. The highest BCUT2D eigenvalue weighted by atomic mass is 32.1. The molecule has 0 saturated heterocycles. The van der Waals surface area contributed by atoms with E-state index in [4.69, 9.17) is 8.83 Å². The number of amides is 1. The van der Waals surface area contributed by atoms with E-state index >= 15 is 0 Å². The second-order valence-electron chi connectivity index (χ2n) is 7.01. The third-order valence-electron chi connectivity index (χ3n) is 4.80. The van der Waals surface area contributed by atoms with Crippen molar-refractivity contribution < 1.29 is 13.6 Å². The zero-order chi connectivity index (χ0) is 21.0. The summed E-state index contributed by atoms with van der Waals surface area (Å²) in [6.07, 6.45) is 2.42. The number of rotatable bonds is 7. The quantitative estimate of drug-likeness (QED) is 0.371. The van der Waals surface area contributed by atoms with Gasteiger partial charge in [0, 0.05) is 18.4 Å². The zero-order valence-electron chi connectivity index (χ0n) is 16.6. The van der Waals surface area contributed by atoms with Crippen molar-refractivity contribution >= 4 is 27.5 Å². The highest BCUT2D eigenvalue weighted by Gasteiger charge is 2.12. The summed E-state index contributed by atoms with van der Waals surface area (Å²) >= 11 is 1.58. The lowest BCUT2D eigenvalue weighted by Gasteiger charge is -2.02. The first-order valence-electron chi connectivity index (χ1n) is 9.96. The molecular formula is C24H19N3O3S. The van der Waals surface area contributed by atoms with Crippen LogP contribution in [0.2, 0.25) is 0 Å². The molecule has 154 valence electrons. The molecule has 7 heteroatoms. The average molecular weight is 430 g/mol.